The van der Waals surface area contributed by atoms with E-state index in [1.165, 1.54) is 11.3 Å². The van der Waals surface area contributed by atoms with Gasteiger partial charge in [-0.15, -0.1) is 21.5 Å². The van der Waals surface area contributed by atoms with Crippen molar-refractivity contribution in [2.45, 2.75) is 26.8 Å². The van der Waals surface area contributed by atoms with Crippen LogP contribution in [0.25, 0.3) is 0 Å². The first kappa shape index (κ1) is 20.0. The Hall–Kier alpha value is -2.71. The third-order valence-corrected chi connectivity index (χ3v) is 5.63. The lowest BCUT2D eigenvalue weighted by atomic mass is 10.2. The summed E-state index contributed by atoms with van der Waals surface area (Å²) in [6, 6.07) is 8.61. The van der Waals surface area contributed by atoms with Crippen molar-refractivity contribution >= 4 is 39.8 Å². The molecule has 0 radical (unpaired) electrons. The standard InChI is InChI=1S/C19H20ClN5O2S/c1-3-25-11-22-24-15(25)8-9-21-19(27)17-12(2)10-16(28-17)23-18(26)13-6-4-5-7-14(13)20/h4-7,10-11H,3,8-9H2,1-2H3,(H,21,27)(H,23,26). The van der Waals surface area contributed by atoms with E-state index in [2.05, 4.69) is 20.8 Å². The van der Waals surface area contributed by atoms with Gasteiger partial charge in [-0.1, -0.05) is 23.7 Å². The quantitative estimate of drug-likeness (QED) is 0.615. The second-order valence-corrected chi connectivity index (χ2v) is 7.56. The Labute approximate surface area is 171 Å². The van der Waals surface area contributed by atoms with Crippen molar-refractivity contribution in [2.75, 3.05) is 11.9 Å². The summed E-state index contributed by atoms with van der Waals surface area (Å²) < 4.78 is 1.94. The summed E-state index contributed by atoms with van der Waals surface area (Å²) in [5, 5.41) is 14.6. The molecule has 0 bridgehead atoms. The molecule has 9 heteroatoms. The van der Waals surface area contributed by atoms with Gasteiger partial charge in [0, 0.05) is 19.5 Å². The van der Waals surface area contributed by atoms with Crippen LogP contribution in [0.4, 0.5) is 5.00 Å². The van der Waals surface area contributed by atoms with E-state index in [9.17, 15) is 9.59 Å². The van der Waals surface area contributed by atoms with Crippen LogP contribution in [0.1, 0.15) is 38.3 Å². The van der Waals surface area contributed by atoms with Crippen molar-refractivity contribution in [3.63, 3.8) is 0 Å². The molecule has 0 atom stereocenters. The maximum atomic E-state index is 12.5. The first-order valence-electron chi connectivity index (χ1n) is 8.80. The summed E-state index contributed by atoms with van der Waals surface area (Å²) in [6.45, 7) is 5.09. The highest BCUT2D eigenvalue weighted by molar-refractivity contribution is 7.18. The number of rotatable bonds is 7. The highest BCUT2D eigenvalue weighted by Gasteiger charge is 2.16. The third-order valence-electron chi connectivity index (χ3n) is 4.15. The minimum absolute atomic E-state index is 0.177. The molecule has 3 rings (SSSR count). The van der Waals surface area contributed by atoms with Crippen molar-refractivity contribution in [1.82, 2.24) is 20.1 Å². The van der Waals surface area contributed by atoms with Crippen molar-refractivity contribution < 1.29 is 9.59 Å². The molecule has 0 saturated carbocycles. The molecule has 2 N–H and O–H groups in total. The minimum atomic E-state index is -0.308. The average molecular weight is 418 g/mol. The monoisotopic (exact) mass is 417 g/mol. The number of carbonyl (C=O) groups excluding carboxylic acids is 2. The Bertz CT molecular complexity index is 998. The molecule has 1 aromatic carbocycles. The first-order chi connectivity index (χ1) is 13.5. The lowest BCUT2D eigenvalue weighted by Gasteiger charge is -2.05. The van der Waals surface area contributed by atoms with E-state index < -0.39 is 0 Å². The Morgan fingerprint density at radius 2 is 2.04 bits per heavy atom. The van der Waals surface area contributed by atoms with Crippen molar-refractivity contribution in [1.29, 1.82) is 0 Å². The number of carbonyl (C=O) groups is 2. The van der Waals surface area contributed by atoms with E-state index >= 15 is 0 Å². The Balaban J connectivity index is 1.61. The fourth-order valence-electron chi connectivity index (χ4n) is 2.70. The molecular formula is C19H20ClN5O2S. The number of hydrogen-bond acceptors (Lipinski definition) is 5. The molecule has 2 amide bonds. The largest absolute Gasteiger partial charge is 0.351 e. The smallest absolute Gasteiger partial charge is 0.261 e. The highest BCUT2D eigenvalue weighted by Crippen LogP contribution is 2.27. The van der Waals surface area contributed by atoms with E-state index in [1.807, 2.05) is 18.4 Å². The van der Waals surface area contributed by atoms with Gasteiger partial charge in [0.15, 0.2) is 0 Å². The van der Waals surface area contributed by atoms with Gasteiger partial charge in [-0.25, -0.2) is 0 Å². The number of anilines is 1. The third kappa shape index (κ3) is 4.58. The molecular weight excluding hydrogens is 398 g/mol. The zero-order chi connectivity index (χ0) is 20.1. The Morgan fingerprint density at radius 3 is 2.79 bits per heavy atom. The number of nitrogens with one attached hydrogen (secondary N) is 2. The van der Waals surface area contributed by atoms with Crippen molar-refractivity contribution in [3.05, 3.63) is 63.5 Å². The molecule has 7 nitrogen and oxygen atoms in total. The van der Waals surface area contributed by atoms with Gasteiger partial charge in [0.05, 0.1) is 20.5 Å². The molecule has 0 aliphatic rings. The highest BCUT2D eigenvalue weighted by atomic mass is 35.5. The zero-order valence-electron chi connectivity index (χ0n) is 15.5. The summed E-state index contributed by atoms with van der Waals surface area (Å²) in [7, 11) is 0. The number of aryl methyl sites for hydroxylation is 2. The molecule has 146 valence electrons. The number of benzene rings is 1. The summed E-state index contributed by atoms with van der Waals surface area (Å²) >= 11 is 7.29. The van der Waals surface area contributed by atoms with Gasteiger partial charge in [-0.05, 0) is 37.6 Å². The van der Waals surface area contributed by atoms with Gasteiger partial charge < -0.3 is 15.2 Å². The van der Waals surface area contributed by atoms with Crippen molar-refractivity contribution in [2.24, 2.45) is 0 Å². The molecule has 0 fully saturated rings. The summed E-state index contributed by atoms with van der Waals surface area (Å²) in [5.74, 6) is 0.347. The lowest BCUT2D eigenvalue weighted by Crippen LogP contribution is -2.26. The molecule has 0 unspecified atom stereocenters. The second kappa shape index (κ2) is 8.99. The molecule has 0 spiro atoms. The van der Waals surface area contributed by atoms with E-state index in [0.29, 0.717) is 33.4 Å². The Kier molecular flexibility index (Phi) is 6.43. The van der Waals surface area contributed by atoms with Crippen LogP contribution in [-0.4, -0.2) is 33.1 Å². The SMILES string of the molecule is CCn1cnnc1CCNC(=O)c1sc(NC(=O)c2ccccc2Cl)cc1C. The summed E-state index contributed by atoms with van der Waals surface area (Å²) in [4.78, 5) is 25.4. The van der Waals surface area contributed by atoms with E-state index in [1.54, 1.807) is 36.7 Å². The maximum absolute atomic E-state index is 12.5. The number of aromatic nitrogens is 3. The lowest BCUT2D eigenvalue weighted by molar-refractivity contribution is 0.0956. The second-order valence-electron chi connectivity index (χ2n) is 6.10. The number of nitrogens with zero attached hydrogens (tertiary/aromatic N) is 3. The van der Waals surface area contributed by atoms with Gasteiger partial charge in [-0.3, -0.25) is 9.59 Å². The molecule has 2 heterocycles. The van der Waals surface area contributed by atoms with Crippen LogP contribution < -0.4 is 10.6 Å². The summed E-state index contributed by atoms with van der Waals surface area (Å²) in [6.07, 6.45) is 2.27. The van der Waals surface area contributed by atoms with E-state index in [-0.39, 0.29) is 11.8 Å². The first-order valence-corrected chi connectivity index (χ1v) is 10.00. The van der Waals surface area contributed by atoms with Crippen LogP contribution in [0.15, 0.2) is 36.7 Å². The van der Waals surface area contributed by atoms with Crippen LogP contribution >= 0.6 is 22.9 Å². The van der Waals surface area contributed by atoms with Crippen LogP contribution in [0, 0.1) is 6.92 Å². The predicted molar refractivity (Wildman–Crippen MR) is 110 cm³/mol. The zero-order valence-corrected chi connectivity index (χ0v) is 17.1. The Morgan fingerprint density at radius 1 is 1.25 bits per heavy atom. The van der Waals surface area contributed by atoms with Gasteiger partial charge in [0.2, 0.25) is 0 Å². The van der Waals surface area contributed by atoms with Crippen LogP contribution in [0.5, 0.6) is 0 Å². The number of amides is 2. The molecule has 0 aliphatic carbocycles. The topological polar surface area (TPSA) is 88.9 Å². The molecule has 3 aromatic rings. The average Bonchev–Trinajstić information content (AvgIpc) is 3.27. The van der Waals surface area contributed by atoms with Gasteiger partial charge in [0.1, 0.15) is 12.2 Å². The van der Waals surface area contributed by atoms with E-state index in [0.717, 1.165) is 17.9 Å². The minimum Gasteiger partial charge on any atom is -0.351 e. The fraction of sp³-hybridized carbons (Fsp3) is 0.263. The molecule has 28 heavy (non-hydrogen) atoms. The van der Waals surface area contributed by atoms with E-state index in [4.69, 9.17) is 11.6 Å². The van der Waals surface area contributed by atoms with Gasteiger partial charge >= 0.3 is 0 Å². The predicted octanol–water partition coefficient (Wildman–Crippen LogP) is 3.55. The number of thiophene rings is 1. The van der Waals surface area contributed by atoms with Crippen LogP contribution in [0.2, 0.25) is 5.02 Å². The van der Waals surface area contributed by atoms with Crippen molar-refractivity contribution in [3.8, 4) is 0 Å². The normalized spacial score (nSPS) is 10.7. The molecule has 0 saturated heterocycles. The fourth-order valence-corrected chi connectivity index (χ4v) is 3.90. The molecule has 2 aromatic heterocycles. The van der Waals surface area contributed by atoms with Crippen LogP contribution in [-0.2, 0) is 13.0 Å². The van der Waals surface area contributed by atoms with Gasteiger partial charge in [-0.2, -0.15) is 0 Å². The van der Waals surface area contributed by atoms with Crippen LogP contribution in [0.3, 0.4) is 0 Å². The van der Waals surface area contributed by atoms with Gasteiger partial charge in [0.25, 0.3) is 11.8 Å². The molecule has 0 aliphatic heterocycles. The maximum Gasteiger partial charge on any atom is 0.261 e. The summed E-state index contributed by atoms with van der Waals surface area (Å²) in [5.41, 5.74) is 1.19. The number of hydrogen-bond donors (Lipinski definition) is 2. The number of halogens is 1.